The summed E-state index contributed by atoms with van der Waals surface area (Å²) in [5.41, 5.74) is 1.26. The number of carboxylic acids is 1. The number of ether oxygens (including phenoxy) is 2. The van der Waals surface area contributed by atoms with Crippen molar-refractivity contribution in [3.63, 3.8) is 0 Å². The van der Waals surface area contributed by atoms with Crippen molar-refractivity contribution in [1.82, 2.24) is 19.3 Å². The first-order chi connectivity index (χ1) is 18.5. The maximum atomic E-state index is 14.0. The number of aromatic amines is 1. The molecule has 11 heteroatoms. The van der Waals surface area contributed by atoms with Crippen LogP contribution in [0, 0.1) is 0 Å². The standard InChI is InChI=1S/C28H34N4O6Si/c1-17-8-5-6-11-38-22-15-18(28(35)36)14-21-25(22)29-24(27(34)31(21)16-37-12-13-39(2,3)4)19-9-7-10-20-23(19)30-32(17)26(20)33/h7,9-10,14-15,17,30H,5-6,8,11-13,16H2,1-4H3,(H,35,36). The fraction of sp³-hybridized carbons (Fsp3) is 0.429. The largest absolute Gasteiger partial charge is 0.491 e. The Hall–Kier alpha value is -3.70. The highest BCUT2D eigenvalue weighted by molar-refractivity contribution is 6.76. The number of para-hydroxylation sites is 1. The first-order valence-electron chi connectivity index (χ1n) is 13.3. The lowest BCUT2D eigenvalue weighted by Gasteiger charge is -2.19. The second kappa shape index (κ2) is 10.5. The van der Waals surface area contributed by atoms with E-state index < -0.39 is 19.6 Å². The average Bonchev–Trinajstić information content (AvgIpc) is 3.22. The van der Waals surface area contributed by atoms with Gasteiger partial charge in [0, 0.05) is 20.2 Å². The van der Waals surface area contributed by atoms with Crippen LogP contribution in [-0.2, 0) is 11.5 Å². The highest BCUT2D eigenvalue weighted by atomic mass is 28.3. The third kappa shape index (κ3) is 5.28. The number of H-pyrrole nitrogens is 1. The van der Waals surface area contributed by atoms with Gasteiger partial charge in [-0.05, 0) is 50.4 Å². The van der Waals surface area contributed by atoms with Crippen molar-refractivity contribution in [3.05, 3.63) is 56.6 Å². The van der Waals surface area contributed by atoms with Gasteiger partial charge in [0.25, 0.3) is 11.1 Å². The number of aromatic nitrogens is 4. The number of hydrogen-bond acceptors (Lipinski definition) is 6. The van der Waals surface area contributed by atoms with Crippen molar-refractivity contribution in [1.29, 1.82) is 0 Å². The Balaban J connectivity index is 1.78. The Bertz CT molecular complexity index is 1680. The van der Waals surface area contributed by atoms with Crippen LogP contribution in [0.2, 0.25) is 25.7 Å². The molecule has 1 aliphatic rings. The average molecular weight is 551 g/mol. The van der Waals surface area contributed by atoms with E-state index in [1.54, 1.807) is 22.9 Å². The second-order valence-electron chi connectivity index (χ2n) is 11.4. The molecule has 2 aromatic heterocycles. The smallest absolute Gasteiger partial charge is 0.335 e. The van der Waals surface area contributed by atoms with Gasteiger partial charge < -0.3 is 14.6 Å². The second-order valence-corrected chi connectivity index (χ2v) is 17.0. The summed E-state index contributed by atoms with van der Waals surface area (Å²) in [6.45, 7) is 9.47. The lowest BCUT2D eigenvalue weighted by atomic mass is 10.1. The van der Waals surface area contributed by atoms with Crippen molar-refractivity contribution in [3.8, 4) is 17.0 Å². The van der Waals surface area contributed by atoms with E-state index >= 15 is 0 Å². The summed E-state index contributed by atoms with van der Waals surface area (Å²) in [7, 11) is -1.37. The molecule has 3 heterocycles. The Kier molecular flexibility index (Phi) is 7.21. The van der Waals surface area contributed by atoms with Crippen LogP contribution in [0.5, 0.6) is 5.75 Å². The molecule has 0 radical (unpaired) electrons. The molecule has 2 aromatic carbocycles. The van der Waals surface area contributed by atoms with Crippen LogP contribution < -0.4 is 15.9 Å². The number of fused-ring (bicyclic) bond motifs is 3. The molecule has 0 aliphatic carbocycles. The summed E-state index contributed by atoms with van der Waals surface area (Å²) < 4.78 is 15.1. The Morgan fingerprint density at radius 3 is 2.74 bits per heavy atom. The van der Waals surface area contributed by atoms with Crippen LogP contribution in [0.3, 0.4) is 0 Å². The number of nitrogens with one attached hydrogen (secondary N) is 1. The minimum Gasteiger partial charge on any atom is -0.491 e. The number of aromatic carboxylic acids is 1. The zero-order valence-corrected chi connectivity index (χ0v) is 23.7. The molecule has 10 nitrogen and oxygen atoms in total. The van der Waals surface area contributed by atoms with Gasteiger partial charge in [0.2, 0.25) is 0 Å². The van der Waals surface area contributed by atoms with Crippen molar-refractivity contribution in [2.45, 2.75) is 64.6 Å². The Morgan fingerprint density at radius 2 is 2.00 bits per heavy atom. The van der Waals surface area contributed by atoms with E-state index in [-0.39, 0.29) is 29.6 Å². The number of benzene rings is 2. The van der Waals surface area contributed by atoms with E-state index in [0.29, 0.717) is 52.9 Å². The van der Waals surface area contributed by atoms with Gasteiger partial charge in [-0.1, -0.05) is 31.8 Å². The number of carbonyl (C=O) groups is 1. The minimum atomic E-state index is -1.37. The van der Waals surface area contributed by atoms with Gasteiger partial charge in [0.1, 0.15) is 23.7 Å². The summed E-state index contributed by atoms with van der Waals surface area (Å²) in [4.78, 5) is 44.0. The van der Waals surface area contributed by atoms with E-state index in [2.05, 4.69) is 24.7 Å². The summed E-state index contributed by atoms with van der Waals surface area (Å²) in [5.74, 6) is -0.832. The Labute approximate surface area is 226 Å². The molecule has 0 amide bonds. The molecular formula is C28H34N4O6Si. The third-order valence-corrected chi connectivity index (χ3v) is 8.90. The molecule has 4 bridgehead atoms. The van der Waals surface area contributed by atoms with Gasteiger partial charge in [0.15, 0.2) is 0 Å². The first-order valence-corrected chi connectivity index (χ1v) is 17.0. The maximum absolute atomic E-state index is 14.0. The predicted molar refractivity (Wildman–Crippen MR) is 153 cm³/mol. The zero-order valence-electron chi connectivity index (χ0n) is 22.7. The van der Waals surface area contributed by atoms with Gasteiger partial charge in [0.05, 0.1) is 34.6 Å². The van der Waals surface area contributed by atoms with Crippen LogP contribution in [-0.4, -0.2) is 51.7 Å². The molecule has 1 aliphatic heterocycles. The number of rotatable bonds is 6. The minimum absolute atomic E-state index is 0.000505. The molecule has 1 atom stereocenters. The fourth-order valence-corrected chi connectivity index (χ4v) is 5.65. The third-order valence-electron chi connectivity index (χ3n) is 7.20. The number of hydrogen-bond donors (Lipinski definition) is 2. The molecule has 39 heavy (non-hydrogen) atoms. The molecule has 0 fully saturated rings. The molecule has 2 N–H and O–H groups in total. The van der Waals surface area contributed by atoms with Crippen LogP contribution in [0.15, 0.2) is 39.9 Å². The fourth-order valence-electron chi connectivity index (χ4n) is 4.89. The summed E-state index contributed by atoms with van der Waals surface area (Å²) in [5, 5.41) is 13.5. The Morgan fingerprint density at radius 1 is 1.21 bits per heavy atom. The zero-order chi connectivity index (χ0) is 27.9. The van der Waals surface area contributed by atoms with Gasteiger partial charge >= 0.3 is 5.97 Å². The van der Waals surface area contributed by atoms with E-state index in [1.165, 1.54) is 16.7 Å². The highest BCUT2D eigenvalue weighted by Crippen LogP contribution is 2.31. The predicted octanol–water partition coefficient (Wildman–Crippen LogP) is 4.84. The van der Waals surface area contributed by atoms with E-state index in [4.69, 9.17) is 14.5 Å². The van der Waals surface area contributed by atoms with Gasteiger partial charge in [-0.15, -0.1) is 0 Å². The van der Waals surface area contributed by atoms with E-state index in [1.807, 2.05) is 6.92 Å². The molecule has 4 aromatic rings. The summed E-state index contributed by atoms with van der Waals surface area (Å²) >= 11 is 0. The van der Waals surface area contributed by atoms with Gasteiger partial charge in [-0.3, -0.25) is 19.3 Å². The number of nitrogens with zero attached hydrogens (tertiary/aromatic N) is 3. The van der Waals surface area contributed by atoms with E-state index in [9.17, 15) is 19.5 Å². The molecule has 206 valence electrons. The van der Waals surface area contributed by atoms with Gasteiger partial charge in [-0.2, -0.15) is 0 Å². The molecule has 0 spiro atoms. The first kappa shape index (κ1) is 26.9. The summed E-state index contributed by atoms with van der Waals surface area (Å²) in [6, 6.07) is 8.97. The normalized spacial score (nSPS) is 16.1. The van der Waals surface area contributed by atoms with Gasteiger partial charge in [-0.25, -0.2) is 14.5 Å². The molecule has 0 saturated heterocycles. The van der Waals surface area contributed by atoms with Crippen molar-refractivity contribution >= 4 is 36.0 Å². The lowest BCUT2D eigenvalue weighted by Crippen LogP contribution is -2.27. The SMILES string of the molecule is CC1CCCCOc2cc(C(=O)O)cc3c2nc(c(=O)n3COCC[Si](C)(C)C)-c2cccc3c(=O)n1[nH]c23. The summed E-state index contributed by atoms with van der Waals surface area (Å²) in [6.07, 6.45) is 2.26. The quantitative estimate of drug-likeness (QED) is 0.260. The van der Waals surface area contributed by atoms with Crippen LogP contribution in [0.25, 0.3) is 33.2 Å². The monoisotopic (exact) mass is 550 g/mol. The van der Waals surface area contributed by atoms with Crippen molar-refractivity contribution in [2.75, 3.05) is 13.2 Å². The number of carboxylic acid groups (broad SMARTS) is 1. The van der Waals surface area contributed by atoms with Crippen molar-refractivity contribution in [2.24, 2.45) is 0 Å². The van der Waals surface area contributed by atoms with Crippen molar-refractivity contribution < 1.29 is 19.4 Å². The van der Waals surface area contributed by atoms with E-state index in [0.717, 1.165) is 18.9 Å². The highest BCUT2D eigenvalue weighted by Gasteiger charge is 2.23. The van der Waals surface area contributed by atoms with Crippen LogP contribution in [0.1, 0.15) is 42.6 Å². The lowest BCUT2D eigenvalue weighted by molar-refractivity contribution is 0.0696. The van der Waals surface area contributed by atoms with Crippen LogP contribution >= 0.6 is 0 Å². The molecule has 5 rings (SSSR count). The van der Waals surface area contributed by atoms with Crippen LogP contribution in [0.4, 0.5) is 0 Å². The molecule has 0 saturated carbocycles. The molecule has 1 unspecified atom stereocenters. The topological polar surface area (TPSA) is 128 Å². The molecular weight excluding hydrogens is 516 g/mol. The maximum Gasteiger partial charge on any atom is 0.335 e.